The molecule has 0 amide bonds. The summed E-state index contributed by atoms with van der Waals surface area (Å²) in [6.07, 6.45) is 0.763. The summed E-state index contributed by atoms with van der Waals surface area (Å²) in [5.41, 5.74) is 0. The molecular weight excluding hydrogens is 292 g/mol. The molecule has 0 saturated heterocycles. The Labute approximate surface area is 147 Å². The standard InChI is InChI=1S/C6H16O7P2.2Na.2H/c1-2-3-4-5-6(7,14(8,9)10)15(11,12)13;;;;/h7H,2-5H2,1H3,(H2,8,9,10)(H2,11,12,13);;;;/q;2*+1;2*-1. The van der Waals surface area contributed by atoms with E-state index in [9.17, 15) is 14.2 Å². The van der Waals surface area contributed by atoms with Gasteiger partial charge in [-0.3, -0.25) is 9.13 Å². The zero-order chi connectivity index (χ0) is 12.3. The number of unbranched alkanes of at least 4 members (excludes halogenated alkanes) is 2. The first-order valence-corrected chi connectivity index (χ1v) is 7.62. The van der Waals surface area contributed by atoms with Crippen molar-refractivity contribution in [3.63, 3.8) is 0 Å². The van der Waals surface area contributed by atoms with Crippen molar-refractivity contribution in [2.75, 3.05) is 0 Å². The summed E-state index contributed by atoms with van der Waals surface area (Å²) in [6.45, 7) is 1.81. The molecule has 7 nitrogen and oxygen atoms in total. The SMILES string of the molecule is CCCCCC(O)(P(=O)(O)O)P(=O)(O)O.[H-].[H-].[Na+].[Na+]. The second kappa shape index (κ2) is 9.24. The molecule has 0 aromatic rings. The molecule has 11 heteroatoms. The third kappa shape index (κ3) is 7.00. The summed E-state index contributed by atoms with van der Waals surface area (Å²) < 4.78 is 21.7. The quantitative estimate of drug-likeness (QED) is 0.188. The van der Waals surface area contributed by atoms with Crippen molar-refractivity contribution >= 4 is 15.2 Å². The Bertz CT molecular complexity index is 286. The van der Waals surface area contributed by atoms with Gasteiger partial charge in [0, 0.05) is 0 Å². The Balaban J connectivity index is -0.000000163. The monoisotopic (exact) mass is 310 g/mol. The van der Waals surface area contributed by atoms with Gasteiger partial charge in [0.25, 0.3) is 5.08 Å². The molecule has 0 aromatic heterocycles. The predicted octanol–water partition coefficient (Wildman–Crippen LogP) is -5.20. The molecule has 0 heterocycles. The van der Waals surface area contributed by atoms with Crippen molar-refractivity contribution in [1.82, 2.24) is 0 Å². The van der Waals surface area contributed by atoms with E-state index < -0.39 is 26.7 Å². The molecule has 5 N–H and O–H groups in total. The Hall–Kier alpha value is 2.26. The normalized spacial score (nSPS) is 12.6. The van der Waals surface area contributed by atoms with Crippen molar-refractivity contribution in [2.45, 2.75) is 37.7 Å². The number of rotatable bonds is 6. The minimum absolute atomic E-state index is 0. The van der Waals surface area contributed by atoms with E-state index in [-0.39, 0.29) is 68.4 Å². The fourth-order valence-electron chi connectivity index (χ4n) is 1.07. The van der Waals surface area contributed by atoms with Crippen LogP contribution in [-0.2, 0) is 9.13 Å². The van der Waals surface area contributed by atoms with Crippen molar-refractivity contribution < 1.29 is 95.8 Å². The molecule has 0 atom stereocenters. The molecule has 0 fully saturated rings. The molecule has 0 aromatic carbocycles. The van der Waals surface area contributed by atoms with Crippen LogP contribution in [0.25, 0.3) is 0 Å². The summed E-state index contributed by atoms with van der Waals surface area (Å²) in [5.74, 6) is 0. The molecule has 0 aliphatic heterocycles. The van der Waals surface area contributed by atoms with Gasteiger partial charge in [-0.15, -0.1) is 0 Å². The first kappa shape index (κ1) is 24.3. The van der Waals surface area contributed by atoms with E-state index in [0.29, 0.717) is 12.8 Å². The molecule has 0 unspecified atom stereocenters. The Morgan fingerprint density at radius 3 is 1.59 bits per heavy atom. The maximum Gasteiger partial charge on any atom is 1.00 e. The average Bonchev–Trinajstić information content (AvgIpc) is 2.00. The topological polar surface area (TPSA) is 135 Å². The third-order valence-electron chi connectivity index (χ3n) is 2.05. The van der Waals surface area contributed by atoms with Gasteiger partial charge in [-0.2, -0.15) is 0 Å². The van der Waals surface area contributed by atoms with Gasteiger partial charge in [-0.1, -0.05) is 19.8 Å². The van der Waals surface area contributed by atoms with Crippen molar-refractivity contribution in [2.24, 2.45) is 0 Å². The molecule has 0 bridgehead atoms. The second-order valence-electron chi connectivity index (χ2n) is 3.32. The Morgan fingerprint density at radius 1 is 1.00 bits per heavy atom. The van der Waals surface area contributed by atoms with Crippen LogP contribution in [0.2, 0.25) is 0 Å². The maximum atomic E-state index is 10.8. The first-order valence-electron chi connectivity index (χ1n) is 4.40. The van der Waals surface area contributed by atoms with Crippen LogP contribution >= 0.6 is 15.2 Å². The molecule has 17 heavy (non-hydrogen) atoms. The van der Waals surface area contributed by atoms with Gasteiger partial charge in [0.05, 0.1) is 0 Å². The van der Waals surface area contributed by atoms with Crippen LogP contribution in [0.5, 0.6) is 0 Å². The Kier molecular flexibility index (Phi) is 13.2. The van der Waals surface area contributed by atoms with Crippen LogP contribution in [-0.4, -0.2) is 29.8 Å². The van der Waals surface area contributed by atoms with E-state index in [4.69, 9.17) is 19.6 Å². The third-order valence-corrected chi connectivity index (χ3v) is 5.93. The Morgan fingerprint density at radius 2 is 1.35 bits per heavy atom. The summed E-state index contributed by atoms with van der Waals surface area (Å²) in [4.78, 5) is 35.0. The van der Waals surface area contributed by atoms with Crippen LogP contribution in [0.15, 0.2) is 0 Å². The maximum absolute atomic E-state index is 10.8. The van der Waals surface area contributed by atoms with Gasteiger partial charge >= 0.3 is 74.3 Å². The zero-order valence-electron chi connectivity index (χ0n) is 12.3. The van der Waals surface area contributed by atoms with Gasteiger partial charge in [0.2, 0.25) is 0 Å². The van der Waals surface area contributed by atoms with Crippen molar-refractivity contribution in [3.8, 4) is 0 Å². The fourth-order valence-corrected chi connectivity index (χ4v) is 3.33. The number of hydrogen-bond acceptors (Lipinski definition) is 3. The average molecular weight is 310 g/mol. The van der Waals surface area contributed by atoms with Crippen LogP contribution in [0.4, 0.5) is 0 Å². The van der Waals surface area contributed by atoms with Gasteiger partial charge in [-0.25, -0.2) is 0 Å². The summed E-state index contributed by atoms with van der Waals surface area (Å²) >= 11 is 0. The van der Waals surface area contributed by atoms with Crippen molar-refractivity contribution in [1.29, 1.82) is 0 Å². The van der Waals surface area contributed by atoms with Crippen molar-refractivity contribution in [3.05, 3.63) is 0 Å². The van der Waals surface area contributed by atoms with E-state index in [2.05, 4.69) is 0 Å². The predicted molar refractivity (Wildman–Crippen MR) is 55.4 cm³/mol. The molecule has 0 rings (SSSR count). The molecule has 0 aliphatic rings. The molecular formula is C6H18Na2O7P2. The second-order valence-corrected chi connectivity index (χ2v) is 7.33. The minimum atomic E-state index is -5.26. The molecule has 0 aliphatic carbocycles. The van der Waals surface area contributed by atoms with E-state index in [1.54, 1.807) is 0 Å². The first-order chi connectivity index (χ1) is 6.56. The molecule has 0 saturated carbocycles. The summed E-state index contributed by atoms with van der Waals surface area (Å²) in [6, 6.07) is 0. The fraction of sp³-hybridized carbons (Fsp3) is 1.00. The van der Waals surface area contributed by atoms with E-state index in [1.807, 2.05) is 6.92 Å². The molecule has 96 valence electrons. The van der Waals surface area contributed by atoms with Gasteiger partial charge in [-0.05, 0) is 12.8 Å². The van der Waals surface area contributed by atoms with Gasteiger partial charge < -0.3 is 27.5 Å². The molecule has 0 spiro atoms. The number of hydrogen-bond donors (Lipinski definition) is 5. The van der Waals surface area contributed by atoms with Crippen LogP contribution in [0.1, 0.15) is 35.5 Å². The van der Waals surface area contributed by atoms with Gasteiger partial charge in [0.1, 0.15) is 0 Å². The van der Waals surface area contributed by atoms with Crippen LogP contribution in [0, 0.1) is 0 Å². The van der Waals surface area contributed by atoms with E-state index >= 15 is 0 Å². The van der Waals surface area contributed by atoms with Crippen LogP contribution < -0.4 is 59.1 Å². The van der Waals surface area contributed by atoms with E-state index in [1.165, 1.54) is 0 Å². The molecule has 0 radical (unpaired) electrons. The van der Waals surface area contributed by atoms with Gasteiger partial charge in [0.15, 0.2) is 0 Å². The van der Waals surface area contributed by atoms with E-state index in [0.717, 1.165) is 0 Å². The largest absolute Gasteiger partial charge is 1.00 e. The summed E-state index contributed by atoms with van der Waals surface area (Å²) in [7, 11) is -10.5. The smallest absolute Gasteiger partial charge is 1.00 e. The minimum Gasteiger partial charge on any atom is -1.00 e. The number of aliphatic hydroxyl groups is 1. The summed E-state index contributed by atoms with van der Waals surface area (Å²) in [5, 5.41) is 6.14. The zero-order valence-corrected chi connectivity index (χ0v) is 16.1. The van der Waals surface area contributed by atoms with Crippen LogP contribution in [0.3, 0.4) is 0 Å².